The van der Waals surface area contributed by atoms with Crippen LogP contribution in [0, 0.1) is 10.1 Å². The summed E-state index contributed by atoms with van der Waals surface area (Å²) in [6, 6.07) is 0. The molecule has 0 aromatic carbocycles. The van der Waals surface area contributed by atoms with Crippen LogP contribution in [-0.4, -0.2) is 25.0 Å². The quantitative estimate of drug-likeness (QED) is 0.291. The number of allylic oxidation sites excluding steroid dienone is 10. The normalized spacial score (nSPS) is 17.8. The van der Waals surface area contributed by atoms with Gasteiger partial charge in [0.1, 0.15) is 16.5 Å². The first-order valence-electron chi connectivity index (χ1n) is 10.9. The minimum atomic E-state index is -0.201. The van der Waals surface area contributed by atoms with Gasteiger partial charge in [0.25, 0.3) is 5.91 Å². The van der Waals surface area contributed by atoms with Gasteiger partial charge >= 0.3 is 0 Å². The van der Waals surface area contributed by atoms with Gasteiger partial charge < -0.3 is 4.57 Å². The molecule has 32 heavy (non-hydrogen) atoms. The maximum atomic E-state index is 12.7. The van der Waals surface area contributed by atoms with E-state index in [1.165, 1.54) is 41.3 Å². The molecule has 0 aliphatic heterocycles. The minimum Gasteiger partial charge on any atom is -0.325 e. The summed E-state index contributed by atoms with van der Waals surface area (Å²) >= 11 is 5.34. The van der Waals surface area contributed by atoms with E-state index < -0.39 is 0 Å². The number of hydrogen-bond donors (Lipinski definition) is 0. The molecule has 2 aromatic rings. The van der Waals surface area contributed by atoms with Crippen LogP contribution in [0.5, 0.6) is 0 Å². The molecule has 1 aliphatic carbocycles. The third-order valence-electron chi connectivity index (χ3n) is 5.98. The van der Waals surface area contributed by atoms with Gasteiger partial charge in [-0.2, -0.15) is 0 Å². The molecule has 0 amide bonds. The molecule has 6 heteroatoms. The third-order valence-corrected chi connectivity index (χ3v) is 6.46. The van der Waals surface area contributed by atoms with E-state index in [1.807, 2.05) is 26.1 Å². The third kappa shape index (κ3) is 5.30. The van der Waals surface area contributed by atoms with Crippen molar-refractivity contribution >= 4 is 29.3 Å². The Bertz CT molecular complexity index is 1250. The minimum absolute atomic E-state index is 0.201. The first-order valence-corrected chi connectivity index (χ1v) is 11.4. The number of imidazole rings is 1. The molecule has 0 atom stereocenters. The second kappa shape index (κ2) is 9.74. The lowest BCUT2D eigenvalue weighted by molar-refractivity contribution is 0.0972. The zero-order chi connectivity index (χ0) is 23.5. The molecule has 168 valence electrons. The zero-order valence-electron chi connectivity index (χ0n) is 19.8. The molecule has 3 rings (SSSR count). The summed E-state index contributed by atoms with van der Waals surface area (Å²) in [6.45, 7) is 10.9. The fourth-order valence-electron chi connectivity index (χ4n) is 4.08. The lowest BCUT2D eigenvalue weighted by Gasteiger charge is -2.32. The Morgan fingerprint density at radius 1 is 1.16 bits per heavy atom. The molecule has 0 radical (unpaired) electrons. The maximum absolute atomic E-state index is 12.7. The maximum Gasteiger partial charge on any atom is 0.257 e. The van der Waals surface area contributed by atoms with E-state index in [9.17, 15) is 4.79 Å². The van der Waals surface area contributed by atoms with E-state index >= 15 is 0 Å². The first-order chi connectivity index (χ1) is 15.1. The van der Waals surface area contributed by atoms with Crippen LogP contribution >= 0.6 is 12.2 Å². The molecule has 1 aliphatic rings. The van der Waals surface area contributed by atoms with Gasteiger partial charge in [0.2, 0.25) is 0 Å². The van der Waals surface area contributed by atoms with Crippen LogP contribution in [0.4, 0.5) is 0 Å². The van der Waals surface area contributed by atoms with Crippen LogP contribution in [0.1, 0.15) is 58.7 Å². The van der Waals surface area contributed by atoms with E-state index in [-0.39, 0.29) is 11.3 Å². The number of aromatic nitrogens is 4. The lowest BCUT2D eigenvalue weighted by atomic mass is 9.72. The van der Waals surface area contributed by atoms with Crippen molar-refractivity contribution in [2.75, 3.05) is 0 Å². The van der Waals surface area contributed by atoms with Crippen molar-refractivity contribution in [3.05, 3.63) is 76.0 Å². The Labute approximate surface area is 195 Å². The molecule has 2 aromatic heterocycles. The van der Waals surface area contributed by atoms with Crippen molar-refractivity contribution in [3.8, 4) is 0 Å². The average molecular weight is 449 g/mol. The van der Waals surface area contributed by atoms with E-state index in [0.717, 1.165) is 11.1 Å². The van der Waals surface area contributed by atoms with E-state index in [0.29, 0.717) is 15.8 Å². The number of hydrogen-bond acceptors (Lipinski definition) is 4. The Kier molecular flexibility index (Phi) is 7.24. The lowest BCUT2D eigenvalue weighted by Crippen LogP contribution is -2.19. The summed E-state index contributed by atoms with van der Waals surface area (Å²) in [7, 11) is 1.81. The van der Waals surface area contributed by atoms with Crippen molar-refractivity contribution in [1.29, 1.82) is 0 Å². The first kappa shape index (κ1) is 23.8. The van der Waals surface area contributed by atoms with Gasteiger partial charge in [-0.1, -0.05) is 67.6 Å². The van der Waals surface area contributed by atoms with Crippen LogP contribution < -0.4 is 0 Å². The average Bonchev–Trinajstić information content (AvgIpc) is 3.15. The van der Waals surface area contributed by atoms with Gasteiger partial charge in [-0.05, 0) is 56.6 Å². The smallest absolute Gasteiger partial charge is 0.257 e. The van der Waals surface area contributed by atoms with Crippen molar-refractivity contribution in [3.63, 3.8) is 0 Å². The predicted molar refractivity (Wildman–Crippen MR) is 134 cm³/mol. The summed E-state index contributed by atoms with van der Waals surface area (Å²) in [6.07, 6.45) is 18.7. The van der Waals surface area contributed by atoms with E-state index in [2.05, 4.69) is 55.9 Å². The highest BCUT2D eigenvalue weighted by Crippen LogP contribution is 2.40. The molecule has 0 saturated carbocycles. The van der Waals surface area contributed by atoms with Crippen LogP contribution in [0.15, 0.2) is 71.4 Å². The monoisotopic (exact) mass is 448 g/mol. The second-order valence-electron chi connectivity index (χ2n) is 9.21. The van der Waals surface area contributed by atoms with Crippen LogP contribution in [-0.2, 0) is 7.05 Å². The van der Waals surface area contributed by atoms with Gasteiger partial charge in [-0.3, -0.25) is 4.79 Å². The van der Waals surface area contributed by atoms with Crippen LogP contribution in [0.3, 0.4) is 0 Å². The van der Waals surface area contributed by atoms with E-state index in [4.69, 9.17) is 12.2 Å². The van der Waals surface area contributed by atoms with Crippen LogP contribution in [0.25, 0.3) is 11.2 Å². The van der Waals surface area contributed by atoms with E-state index in [1.54, 1.807) is 17.0 Å². The highest BCUT2D eigenvalue weighted by Gasteiger charge is 2.26. The standard InChI is InChI=1S/C26H32N4OS/c1-18(12-13-21-20(3)11-8-14-26(21,4)5)9-7-10-19(2)15-22(31)30-17-27-23-24(30)28-16-29(6)25(23)32/h7,9-10,12-13,15-17H,8,11,14H2,1-6H3/b10-7+,13-12+,18-9+,19-15+. The number of carbonyl (C=O) groups is 1. The summed E-state index contributed by atoms with van der Waals surface area (Å²) in [4.78, 5) is 21.2. The fourth-order valence-corrected chi connectivity index (χ4v) is 4.27. The Balaban J connectivity index is 1.71. The van der Waals surface area contributed by atoms with Gasteiger partial charge in [-0.15, -0.1) is 0 Å². The molecule has 0 N–H and O–H groups in total. The van der Waals surface area contributed by atoms with Crippen molar-refractivity contribution in [1.82, 2.24) is 19.1 Å². The SMILES string of the molecule is CC1=C(/C=C/C(C)=C/C=C/C(C)=C/C(=O)n2cnc3c(=S)n(C)cnc32)C(C)(C)CCC1. The molecule has 0 saturated heterocycles. The molecule has 0 fully saturated rings. The number of fused-ring (bicyclic) bond motifs is 1. The van der Waals surface area contributed by atoms with Crippen molar-refractivity contribution in [2.45, 2.75) is 53.9 Å². The molecule has 5 nitrogen and oxygen atoms in total. The molecule has 0 spiro atoms. The Morgan fingerprint density at radius 3 is 2.62 bits per heavy atom. The van der Waals surface area contributed by atoms with Crippen LogP contribution in [0.2, 0.25) is 0 Å². The fraction of sp³-hybridized carbons (Fsp3) is 0.385. The summed E-state index contributed by atoms with van der Waals surface area (Å²) in [5.41, 5.74) is 6.23. The zero-order valence-corrected chi connectivity index (χ0v) is 20.7. The number of carbonyl (C=O) groups excluding carboxylic acids is 1. The summed E-state index contributed by atoms with van der Waals surface area (Å²) in [5.74, 6) is -0.201. The largest absolute Gasteiger partial charge is 0.325 e. The molecule has 2 heterocycles. The molecule has 0 bridgehead atoms. The molecular formula is C26H32N4OS. The number of aryl methyl sites for hydroxylation is 1. The summed E-state index contributed by atoms with van der Waals surface area (Å²) in [5, 5.41) is 0. The molecule has 0 unspecified atom stereocenters. The molecular weight excluding hydrogens is 416 g/mol. The highest BCUT2D eigenvalue weighted by molar-refractivity contribution is 7.71. The number of nitrogens with zero attached hydrogens (tertiary/aromatic N) is 4. The van der Waals surface area contributed by atoms with Gasteiger partial charge in [-0.25, -0.2) is 14.5 Å². The predicted octanol–water partition coefficient (Wildman–Crippen LogP) is 6.67. The Hall–Kier alpha value is -2.86. The van der Waals surface area contributed by atoms with Crippen molar-refractivity contribution < 1.29 is 4.79 Å². The van der Waals surface area contributed by atoms with Crippen molar-refractivity contribution in [2.24, 2.45) is 12.5 Å². The Morgan fingerprint density at radius 2 is 1.91 bits per heavy atom. The highest BCUT2D eigenvalue weighted by atomic mass is 32.1. The van der Waals surface area contributed by atoms with Gasteiger partial charge in [0.15, 0.2) is 5.65 Å². The second-order valence-corrected chi connectivity index (χ2v) is 9.60. The topological polar surface area (TPSA) is 52.7 Å². The van der Waals surface area contributed by atoms with Gasteiger partial charge in [0, 0.05) is 13.1 Å². The number of rotatable bonds is 5. The summed E-state index contributed by atoms with van der Waals surface area (Å²) < 4.78 is 3.69. The van der Waals surface area contributed by atoms with Gasteiger partial charge in [0.05, 0.1) is 6.33 Å².